The fourth-order valence-electron chi connectivity index (χ4n) is 3.48. The highest BCUT2D eigenvalue weighted by atomic mass is 15.3. The zero-order valence-corrected chi connectivity index (χ0v) is 14.0. The van der Waals surface area contributed by atoms with E-state index < -0.39 is 0 Å². The molecule has 1 fully saturated rings. The molecule has 4 rings (SSSR count). The van der Waals surface area contributed by atoms with Crippen molar-refractivity contribution in [3.05, 3.63) is 66.2 Å². The summed E-state index contributed by atoms with van der Waals surface area (Å²) in [5.74, 6) is 0.650. The molecular weight excluding hydrogens is 298 g/mol. The van der Waals surface area contributed by atoms with E-state index in [0.717, 1.165) is 31.0 Å². The molecule has 2 aromatic heterocycles. The van der Waals surface area contributed by atoms with E-state index in [4.69, 9.17) is 5.10 Å². The second-order valence-electron chi connectivity index (χ2n) is 6.58. The Morgan fingerprint density at radius 2 is 1.88 bits per heavy atom. The lowest BCUT2D eigenvalue weighted by Gasteiger charge is -2.30. The molecule has 0 radical (unpaired) electrons. The smallest absolute Gasteiger partial charge is 0.0769 e. The van der Waals surface area contributed by atoms with E-state index in [1.54, 1.807) is 0 Å². The van der Waals surface area contributed by atoms with Crippen molar-refractivity contribution < 1.29 is 0 Å². The zero-order valence-electron chi connectivity index (χ0n) is 14.0. The predicted octanol–water partition coefficient (Wildman–Crippen LogP) is 2.99. The molecule has 3 heterocycles. The van der Waals surface area contributed by atoms with Crippen LogP contribution in [0.25, 0.3) is 5.69 Å². The van der Waals surface area contributed by atoms with E-state index in [2.05, 4.69) is 34.4 Å². The summed E-state index contributed by atoms with van der Waals surface area (Å²) in [5.41, 5.74) is 3.63. The lowest BCUT2D eigenvalue weighted by Crippen LogP contribution is -2.32. The van der Waals surface area contributed by atoms with E-state index in [1.165, 1.54) is 18.4 Å². The van der Waals surface area contributed by atoms with Crippen LogP contribution in [0.5, 0.6) is 0 Å². The van der Waals surface area contributed by atoms with E-state index in [9.17, 15) is 0 Å². The number of likely N-dealkylation sites (tertiary alicyclic amines) is 1. The second kappa shape index (κ2) is 6.61. The number of aryl methyl sites for hydroxylation is 1. The number of hydrogen-bond acceptors (Lipinski definition) is 3. The van der Waals surface area contributed by atoms with Crippen molar-refractivity contribution in [2.45, 2.75) is 25.3 Å². The first-order valence-electron chi connectivity index (χ1n) is 8.59. The topological polar surface area (TPSA) is 38.9 Å². The van der Waals surface area contributed by atoms with Gasteiger partial charge in [0, 0.05) is 26.0 Å². The average molecular weight is 321 g/mol. The lowest BCUT2D eigenvalue weighted by molar-refractivity contribution is 0.202. The Hall–Kier alpha value is -2.40. The second-order valence-corrected chi connectivity index (χ2v) is 6.58. The molecule has 1 aromatic carbocycles. The van der Waals surface area contributed by atoms with Gasteiger partial charge in [-0.05, 0) is 55.6 Å². The molecule has 0 aliphatic carbocycles. The number of rotatable bonds is 4. The standard InChI is InChI=1S/C19H23N5/c1-22-14-17(13-20-22)16-7-10-23(11-8-16)15-18-9-12-24(21-18)19-5-3-2-4-6-19/h2-6,9,12-14,16H,7-8,10-11,15H2,1H3. The summed E-state index contributed by atoms with van der Waals surface area (Å²) in [6.07, 6.45) is 8.62. The SMILES string of the molecule is Cn1cc(C2CCN(Cc3ccn(-c4ccccc4)n3)CC2)cn1. The minimum atomic E-state index is 0.650. The van der Waals surface area contributed by atoms with Gasteiger partial charge in [-0.15, -0.1) is 0 Å². The summed E-state index contributed by atoms with van der Waals surface area (Å²) in [5, 5.41) is 9.02. The van der Waals surface area contributed by atoms with Crippen LogP contribution in [0.4, 0.5) is 0 Å². The number of piperidine rings is 1. The minimum absolute atomic E-state index is 0.650. The summed E-state index contributed by atoms with van der Waals surface area (Å²) in [4.78, 5) is 2.50. The van der Waals surface area contributed by atoms with E-state index >= 15 is 0 Å². The summed E-state index contributed by atoms with van der Waals surface area (Å²) in [6, 6.07) is 12.4. The fourth-order valence-corrected chi connectivity index (χ4v) is 3.48. The van der Waals surface area contributed by atoms with Crippen LogP contribution in [0.3, 0.4) is 0 Å². The first-order chi connectivity index (χ1) is 11.8. The van der Waals surface area contributed by atoms with Crippen molar-refractivity contribution >= 4 is 0 Å². The van der Waals surface area contributed by atoms with Gasteiger partial charge < -0.3 is 0 Å². The average Bonchev–Trinajstić information content (AvgIpc) is 3.26. The van der Waals surface area contributed by atoms with E-state index in [1.807, 2.05) is 47.0 Å². The van der Waals surface area contributed by atoms with Gasteiger partial charge in [-0.25, -0.2) is 4.68 Å². The molecule has 5 nitrogen and oxygen atoms in total. The highest BCUT2D eigenvalue weighted by molar-refractivity contribution is 5.30. The van der Waals surface area contributed by atoms with Crippen LogP contribution in [0.15, 0.2) is 55.0 Å². The normalized spacial score (nSPS) is 16.5. The molecule has 1 aliphatic rings. The van der Waals surface area contributed by atoms with Gasteiger partial charge in [0.05, 0.1) is 17.6 Å². The Balaban J connectivity index is 1.35. The van der Waals surface area contributed by atoms with Crippen molar-refractivity contribution in [1.29, 1.82) is 0 Å². The maximum Gasteiger partial charge on any atom is 0.0769 e. The first-order valence-corrected chi connectivity index (χ1v) is 8.59. The van der Waals surface area contributed by atoms with Crippen LogP contribution < -0.4 is 0 Å². The highest BCUT2D eigenvalue weighted by Gasteiger charge is 2.22. The first kappa shape index (κ1) is 15.1. The van der Waals surface area contributed by atoms with Crippen LogP contribution in [0.1, 0.15) is 30.0 Å². The van der Waals surface area contributed by atoms with Crippen LogP contribution in [0.2, 0.25) is 0 Å². The monoisotopic (exact) mass is 321 g/mol. The fraction of sp³-hybridized carbons (Fsp3) is 0.368. The summed E-state index contributed by atoms with van der Waals surface area (Å²) in [6.45, 7) is 3.18. The van der Waals surface area contributed by atoms with Gasteiger partial charge in [-0.3, -0.25) is 9.58 Å². The van der Waals surface area contributed by atoms with Gasteiger partial charge in [0.25, 0.3) is 0 Å². The van der Waals surface area contributed by atoms with Crippen LogP contribution in [0, 0.1) is 0 Å². The molecule has 1 aliphatic heterocycles. The Kier molecular flexibility index (Phi) is 4.17. The molecule has 24 heavy (non-hydrogen) atoms. The molecule has 0 amide bonds. The third-order valence-electron chi connectivity index (χ3n) is 4.83. The number of nitrogens with zero attached hydrogens (tertiary/aromatic N) is 5. The van der Waals surface area contributed by atoms with Crippen LogP contribution in [-0.4, -0.2) is 37.6 Å². The highest BCUT2D eigenvalue weighted by Crippen LogP contribution is 2.28. The Bertz CT molecular complexity index is 781. The number of aromatic nitrogens is 4. The number of benzene rings is 1. The molecule has 124 valence electrons. The number of para-hydroxylation sites is 1. The quantitative estimate of drug-likeness (QED) is 0.741. The van der Waals surface area contributed by atoms with Gasteiger partial charge in [0.1, 0.15) is 0 Å². The van der Waals surface area contributed by atoms with Crippen molar-refractivity contribution in [2.24, 2.45) is 7.05 Å². The van der Waals surface area contributed by atoms with E-state index in [-0.39, 0.29) is 0 Å². The summed E-state index contributed by atoms with van der Waals surface area (Å²) < 4.78 is 3.86. The Labute approximate surface area is 142 Å². The van der Waals surface area contributed by atoms with Crippen molar-refractivity contribution in [3.8, 4) is 5.69 Å². The van der Waals surface area contributed by atoms with Crippen LogP contribution >= 0.6 is 0 Å². The van der Waals surface area contributed by atoms with Crippen molar-refractivity contribution in [2.75, 3.05) is 13.1 Å². The molecule has 0 bridgehead atoms. The third kappa shape index (κ3) is 3.26. The van der Waals surface area contributed by atoms with Crippen LogP contribution in [-0.2, 0) is 13.6 Å². The molecule has 0 spiro atoms. The van der Waals surface area contributed by atoms with Crippen molar-refractivity contribution in [1.82, 2.24) is 24.5 Å². The third-order valence-corrected chi connectivity index (χ3v) is 4.83. The maximum atomic E-state index is 4.72. The largest absolute Gasteiger partial charge is 0.297 e. The molecule has 3 aromatic rings. The van der Waals surface area contributed by atoms with Gasteiger partial charge in [-0.1, -0.05) is 18.2 Å². The van der Waals surface area contributed by atoms with Gasteiger partial charge in [0.15, 0.2) is 0 Å². The molecule has 0 atom stereocenters. The molecular formula is C19H23N5. The lowest BCUT2D eigenvalue weighted by atomic mass is 9.91. The molecule has 0 saturated carbocycles. The molecule has 0 unspecified atom stereocenters. The van der Waals surface area contributed by atoms with E-state index in [0.29, 0.717) is 5.92 Å². The molecule has 0 N–H and O–H groups in total. The molecule has 1 saturated heterocycles. The van der Waals surface area contributed by atoms with Gasteiger partial charge in [0.2, 0.25) is 0 Å². The Morgan fingerprint density at radius 3 is 2.58 bits per heavy atom. The maximum absolute atomic E-state index is 4.72. The summed E-state index contributed by atoms with van der Waals surface area (Å²) in [7, 11) is 1.99. The summed E-state index contributed by atoms with van der Waals surface area (Å²) >= 11 is 0. The molecule has 5 heteroatoms. The van der Waals surface area contributed by atoms with Gasteiger partial charge >= 0.3 is 0 Å². The number of hydrogen-bond donors (Lipinski definition) is 0. The van der Waals surface area contributed by atoms with Crippen molar-refractivity contribution in [3.63, 3.8) is 0 Å². The minimum Gasteiger partial charge on any atom is -0.297 e. The predicted molar refractivity (Wildman–Crippen MR) is 94.0 cm³/mol. The van der Waals surface area contributed by atoms with Gasteiger partial charge in [-0.2, -0.15) is 10.2 Å². The zero-order chi connectivity index (χ0) is 16.4. The Morgan fingerprint density at radius 1 is 1.08 bits per heavy atom.